The van der Waals surface area contributed by atoms with Crippen LogP contribution in [0.25, 0.3) is 17.1 Å². The van der Waals surface area contributed by atoms with Gasteiger partial charge in [-0.05, 0) is 74.1 Å². The van der Waals surface area contributed by atoms with Crippen molar-refractivity contribution >= 4 is 33.7 Å². The van der Waals surface area contributed by atoms with E-state index in [0.29, 0.717) is 22.9 Å². The van der Waals surface area contributed by atoms with Gasteiger partial charge in [-0.1, -0.05) is 30.7 Å². The first-order chi connectivity index (χ1) is 14.8. The van der Waals surface area contributed by atoms with E-state index in [1.165, 1.54) is 0 Å². The third-order valence-corrected chi connectivity index (χ3v) is 8.04. The lowest BCUT2D eigenvalue weighted by atomic mass is 10.2. The molecule has 0 radical (unpaired) electrons. The number of rotatable bonds is 6. The summed E-state index contributed by atoms with van der Waals surface area (Å²) in [5.41, 5.74) is 2.97. The molecule has 1 fully saturated rings. The van der Waals surface area contributed by atoms with Gasteiger partial charge in [0.2, 0.25) is 4.77 Å². The maximum Gasteiger partial charge on any atom is 0.204 e. The average Bonchev–Trinajstić information content (AvgIpc) is 3.25. The Morgan fingerprint density at radius 1 is 1.23 bits per heavy atom. The molecule has 9 heteroatoms. The number of nitrogens with zero attached hydrogens (tertiary/aromatic N) is 4. The highest BCUT2D eigenvalue weighted by atomic mass is 35.5. The van der Waals surface area contributed by atoms with Gasteiger partial charge in [-0.25, -0.2) is 13.1 Å². The Labute approximate surface area is 193 Å². The zero-order chi connectivity index (χ0) is 22.2. The fourth-order valence-corrected chi connectivity index (χ4v) is 6.17. The lowest BCUT2D eigenvalue weighted by Crippen LogP contribution is -2.37. The number of hydrogen-bond donors (Lipinski definition) is 0. The van der Waals surface area contributed by atoms with Crippen molar-refractivity contribution in [3.8, 4) is 17.1 Å². The van der Waals surface area contributed by atoms with Gasteiger partial charge >= 0.3 is 0 Å². The van der Waals surface area contributed by atoms with E-state index in [2.05, 4.69) is 11.0 Å². The Morgan fingerprint density at radius 3 is 2.58 bits per heavy atom. The molecule has 0 spiro atoms. The van der Waals surface area contributed by atoms with E-state index in [9.17, 15) is 8.42 Å². The van der Waals surface area contributed by atoms with Crippen molar-refractivity contribution < 1.29 is 8.42 Å². The van der Waals surface area contributed by atoms with Crippen LogP contribution >= 0.6 is 23.8 Å². The molecule has 3 aromatic rings. The molecule has 0 bridgehead atoms. The van der Waals surface area contributed by atoms with Gasteiger partial charge in [0.25, 0.3) is 0 Å². The minimum atomic E-state index is -2.97. The minimum absolute atomic E-state index is 0.0139. The normalized spacial score (nSPS) is 18.0. The van der Waals surface area contributed by atoms with Gasteiger partial charge in [0.1, 0.15) is 0 Å². The summed E-state index contributed by atoms with van der Waals surface area (Å²) in [4.78, 5) is 2.14. The standard InChI is InChI=1S/C22H25ClN4O2S2/c1-3-25(20-11-12-31(28,29)14-20)15-26-22(30)27(19-6-4-5-16(2)13-19)21(24-26)17-7-9-18(23)10-8-17/h4-10,13,20H,3,11-12,14-15H2,1-2H3/t20-/m0/s1. The summed E-state index contributed by atoms with van der Waals surface area (Å²) in [6.07, 6.45) is 0.645. The molecule has 2 heterocycles. The van der Waals surface area contributed by atoms with Gasteiger partial charge in [-0.2, -0.15) is 0 Å². The van der Waals surface area contributed by atoms with Crippen LogP contribution in [-0.4, -0.2) is 51.8 Å². The third-order valence-electron chi connectivity index (χ3n) is 5.65. The average molecular weight is 477 g/mol. The molecule has 1 aliphatic heterocycles. The molecule has 1 atom stereocenters. The Morgan fingerprint density at radius 2 is 1.97 bits per heavy atom. The van der Waals surface area contributed by atoms with Gasteiger partial charge in [-0.3, -0.25) is 9.47 Å². The van der Waals surface area contributed by atoms with E-state index < -0.39 is 9.84 Å². The minimum Gasteiger partial charge on any atom is -0.281 e. The van der Waals surface area contributed by atoms with Crippen LogP contribution in [-0.2, 0) is 16.5 Å². The zero-order valence-corrected chi connectivity index (χ0v) is 19.9. The Hall–Kier alpha value is -2.00. The largest absolute Gasteiger partial charge is 0.281 e. The van der Waals surface area contributed by atoms with Crippen molar-refractivity contribution in [2.45, 2.75) is 33.0 Å². The van der Waals surface area contributed by atoms with Crippen LogP contribution in [0.15, 0.2) is 48.5 Å². The molecule has 1 aromatic heterocycles. The van der Waals surface area contributed by atoms with Gasteiger partial charge in [0.05, 0.1) is 23.9 Å². The van der Waals surface area contributed by atoms with E-state index in [1.807, 2.05) is 60.9 Å². The van der Waals surface area contributed by atoms with E-state index in [4.69, 9.17) is 28.9 Å². The lowest BCUT2D eigenvalue weighted by molar-refractivity contribution is 0.164. The van der Waals surface area contributed by atoms with Crippen molar-refractivity contribution in [3.63, 3.8) is 0 Å². The monoisotopic (exact) mass is 476 g/mol. The molecule has 0 amide bonds. The van der Waals surface area contributed by atoms with Gasteiger partial charge in [0.15, 0.2) is 15.7 Å². The Balaban J connectivity index is 1.78. The third kappa shape index (κ3) is 4.77. The van der Waals surface area contributed by atoms with Crippen LogP contribution in [0, 0.1) is 11.7 Å². The van der Waals surface area contributed by atoms with Crippen LogP contribution in [0.2, 0.25) is 5.02 Å². The number of hydrogen-bond acceptors (Lipinski definition) is 5. The molecule has 2 aromatic carbocycles. The van der Waals surface area contributed by atoms with Gasteiger partial charge < -0.3 is 0 Å². The van der Waals surface area contributed by atoms with Crippen molar-refractivity contribution in [2.24, 2.45) is 0 Å². The highest BCUT2D eigenvalue weighted by Gasteiger charge is 2.32. The van der Waals surface area contributed by atoms with Gasteiger partial charge in [-0.15, -0.1) is 5.10 Å². The molecule has 6 nitrogen and oxygen atoms in total. The summed E-state index contributed by atoms with van der Waals surface area (Å²) in [5.74, 6) is 1.16. The number of aromatic nitrogens is 3. The quantitative estimate of drug-likeness (QED) is 0.490. The molecule has 1 saturated heterocycles. The molecule has 4 rings (SSSR count). The molecule has 0 aliphatic carbocycles. The highest BCUT2D eigenvalue weighted by Crippen LogP contribution is 2.26. The summed E-state index contributed by atoms with van der Waals surface area (Å²) in [6.45, 7) is 5.23. The predicted octanol–water partition coefficient (Wildman–Crippen LogP) is 4.50. The molecule has 0 unspecified atom stereocenters. The predicted molar refractivity (Wildman–Crippen MR) is 127 cm³/mol. The van der Waals surface area contributed by atoms with Crippen molar-refractivity contribution in [1.82, 2.24) is 19.2 Å². The maximum absolute atomic E-state index is 12.0. The Bertz CT molecular complexity index is 1250. The Kier molecular flexibility index (Phi) is 6.35. The second-order valence-electron chi connectivity index (χ2n) is 7.89. The van der Waals surface area contributed by atoms with E-state index >= 15 is 0 Å². The summed E-state index contributed by atoms with van der Waals surface area (Å²) < 4.78 is 28.3. The number of halogens is 1. The maximum atomic E-state index is 12.0. The number of benzene rings is 2. The zero-order valence-electron chi connectivity index (χ0n) is 17.5. The van der Waals surface area contributed by atoms with Crippen LogP contribution in [0.5, 0.6) is 0 Å². The fraction of sp³-hybridized carbons (Fsp3) is 0.364. The van der Waals surface area contributed by atoms with Gasteiger partial charge in [0, 0.05) is 16.6 Å². The highest BCUT2D eigenvalue weighted by molar-refractivity contribution is 7.91. The first kappa shape index (κ1) is 22.2. The van der Waals surface area contributed by atoms with E-state index in [1.54, 1.807) is 4.68 Å². The smallest absolute Gasteiger partial charge is 0.204 e. The SMILES string of the molecule is CCN(Cn1nc(-c2ccc(Cl)cc2)n(-c2cccc(C)c2)c1=S)[C@H]1CCS(=O)(=O)C1. The molecule has 31 heavy (non-hydrogen) atoms. The second-order valence-corrected chi connectivity index (χ2v) is 10.9. The second kappa shape index (κ2) is 8.86. The molecular weight excluding hydrogens is 452 g/mol. The molecule has 164 valence electrons. The first-order valence-electron chi connectivity index (χ1n) is 10.2. The van der Waals surface area contributed by atoms with Crippen LogP contribution < -0.4 is 0 Å². The molecule has 1 aliphatic rings. The van der Waals surface area contributed by atoms with Crippen LogP contribution in [0.1, 0.15) is 18.9 Å². The van der Waals surface area contributed by atoms with Crippen molar-refractivity contribution in [3.05, 3.63) is 63.9 Å². The number of aryl methyl sites for hydroxylation is 1. The summed E-state index contributed by atoms with van der Waals surface area (Å²) in [6, 6.07) is 15.6. The lowest BCUT2D eigenvalue weighted by Gasteiger charge is -2.26. The summed E-state index contributed by atoms with van der Waals surface area (Å²) in [7, 11) is -2.97. The number of sulfone groups is 1. The summed E-state index contributed by atoms with van der Waals surface area (Å²) >= 11 is 11.9. The van der Waals surface area contributed by atoms with Crippen LogP contribution in [0.4, 0.5) is 0 Å². The van der Waals surface area contributed by atoms with Crippen molar-refractivity contribution in [1.29, 1.82) is 0 Å². The van der Waals surface area contributed by atoms with Crippen molar-refractivity contribution in [2.75, 3.05) is 18.1 Å². The fourth-order valence-electron chi connectivity index (χ4n) is 3.99. The molecule has 0 saturated carbocycles. The topological polar surface area (TPSA) is 60.1 Å². The molecule has 0 N–H and O–H groups in total. The van der Waals surface area contributed by atoms with E-state index in [0.717, 1.165) is 29.2 Å². The van der Waals surface area contributed by atoms with Crippen LogP contribution in [0.3, 0.4) is 0 Å². The van der Waals surface area contributed by atoms with E-state index in [-0.39, 0.29) is 17.5 Å². The summed E-state index contributed by atoms with van der Waals surface area (Å²) in [5, 5.41) is 5.51. The first-order valence-corrected chi connectivity index (χ1v) is 12.9. The molecular formula is C22H25ClN4O2S2.